The fourth-order valence-electron chi connectivity index (χ4n) is 2.83. The highest BCUT2D eigenvalue weighted by atomic mass is 35.5. The summed E-state index contributed by atoms with van der Waals surface area (Å²) in [5.41, 5.74) is 11.0. The van der Waals surface area contributed by atoms with Gasteiger partial charge in [-0.2, -0.15) is 0 Å². The minimum atomic E-state index is -0.155. The van der Waals surface area contributed by atoms with E-state index in [-0.39, 0.29) is 5.91 Å². The predicted molar refractivity (Wildman–Crippen MR) is 106 cm³/mol. The van der Waals surface area contributed by atoms with Gasteiger partial charge in [0.2, 0.25) is 0 Å². The zero-order chi connectivity index (χ0) is 18.1. The van der Waals surface area contributed by atoms with Crippen LogP contribution in [0.4, 0.5) is 5.69 Å². The number of aromatic nitrogens is 1. The molecule has 1 aromatic carbocycles. The predicted octanol–water partition coefficient (Wildman–Crippen LogP) is 4.43. The van der Waals surface area contributed by atoms with Crippen molar-refractivity contribution < 1.29 is 4.79 Å². The second kappa shape index (κ2) is 7.02. The topological polar surface area (TPSA) is 68.0 Å². The molecule has 0 saturated carbocycles. The summed E-state index contributed by atoms with van der Waals surface area (Å²) in [5.74, 6) is -0.155. The number of halogens is 1. The molecule has 2 aromatic heterocycles. The van der Waals surface area contributed by atoms with Gasteiger partial charge in [0, 0.05) is 22.6 Å². The van der Waals surface area contributed by atoms with Crippen LogP contribution < -0.4 is 11.1 Å². The maximum absolute atomic E-state index is 12.5. The largest absolute Gasteiger partial charge is 0.397 e. The van der Waals surface area contributed by atoms with Crippen LogP contribution in [0.3, 0.4) is 0 Å². The van der Waals surface area contributed by atoms with Crippen LogP contribution in [0.15, 0.2) is 24.3 Å². The lowest BCUT2D eigenvalue weighted by molar-refractivity contribution is 0.0959. The van der Waals surface area contributed by atoms with E-state index >= 15 is 0 Å². The molecule has 0 fully saturated rings. The molecule has 3 N–H and O–H groups in total. The van der Waals surface area contributed by atoms with Gasteiger partial charge < -0.3 is 11.1 Å². The fraction of sp³-hybridized carbons (Fsp3) is 0.263. The van der Waals surface area contributed by atoms with Crippen LogP contribution in [0, 0.1) is 20.8 Å². The molecule has 6 heteroatoms. The number of thiophene rings is 1. The smallest absolute Gasteiger partial charge is 0.263 e. The van der Waals surface area contributed by atoms with E-state index in [0.717, 1.165) is 32.6 Å². The first-order chi connectivity index (χ1) is 11.9. The average molecular weight is 374 g/mol. The Kier molecular flexibility index (Phi) is 4.97. The summed E-state index contributed by atoms with van der Waals surface area (Å²) in [6, 6.07) is 7.63. The van der Waals surface area contributed by atoms with Gasteiger partial charge in [0.05, 0.1) is 5.69 Å². The number of nitrogens with two attached hydrogens (primary N) is 1. The van der Waals surface area contributed by atoms with Gasteiger partial charge in [0.25, 0.3) is 5.91 Å². The number of amides is 1. The maximum Gasteiger partial charge on any atom is 0.263 e. The number of fused-ring (bicyclic) bond motifs is 1. The molecule has 0 unspecified atom stereocenters. The van der Waals surface area contributed by atoms with Gasteiger partial charge in [0.15, 0.2) is 0 Å². The Labute approximate surface area is 156 Å². The van der Waals surface area contributed by atoms with Crippen LogP contribution in [-0.4, -0.2) is 17.4 Å². The molecule has 0 spiro atoms. The van der Waals surface area contributed by atoms with E-state index < -0.39 is 0 Å². The van der Waals surface area contributed by atoms with Crippen molar-refractivity contribution in [3.8, 4) is 0 Å². The molecule has 3 rings (SSSR count). The normalized spacial score (nSPS) is 11.0. The average Bonchev–Trinajstić information content (AvgIpc) is 2.89. The van der Waals surface area contributed by atoms with Gasteiger partial charge in [-0.05, 0) is 56.0 Å². The quantitative estimate of drug-likeness (QED) is 0.710. The van der Waals surface area contributed by atoms with Crippen LogP contribution in [0.5, 0.6) is 0 Å². The minimum absolute atomic E-state index is 0.155. The van der Waals surface area contributed by atoms with Crippen molar-refractivity contribution in [3.63, 3.8) is 0 Å². The SMILES string of the molecule is Cc1nc2sc(C(=O)NCCc3cccc(Cl)c3)c(N)c2c(C)c1C. The molecular formula is C19H20ClN3OS. The number of anilines is 1. The first-order valence-corrected chi connectivity index (χ1v) is 9.26. The van der Waals surface area contributed by atoms with E-state index in [1.165, 1.54) is 11.3 Å². The molecular weight excluding hydrogens is 354 g/mol. The molecule has 0 bridgehead atoms. The monoisotopic (exact) mass is 373 g/mol. The Balaban J connectivity index is 1.78. The van der Waals surface area contributed by atoms with Crippen LogP contribution in [0.1, 0.15) is 32.1 Å². The number of carbonyl (C=O) groups excluding carboxylic acids is 1. The number of rotatable bonds is 4. The molecule has 4 nitrogen and oxygen atoms in total. The summed E-state index contributed by atoms with van der Waals surface area (Å²) in [6.45, 7) is 6.55. The van der Waals surface area contributed by atoms with Crippen molar-refractivity contribution in [2.75, 3.05) is 12.3 Å². The first kappa shape index (κ1) is 17.7. The maximum atomic E-state index is 12.5. The molecule has 3 aromatic rings. The van der Waals surface area contributed by atoms with Crippen molar-refractivity contribution in [1.29, 1.82) is 0 Å². The number of carbonyl (C=O) groups is 1. The molecule has 0 aliphatic heterocycles. The summed E-state index contributed by atoms with van der Waals surface area (Å²) in [4.78, 5) is 18.5. The Morgan fingerprint density at radius 1 is 1.28 bits per heavy atom. The van der Waals surface area contributed by atoms with E-state index in [2.05, 4.69) is 10.3 Å². The summed E-state index contributed by atoms with van der Waals surface area (Å²) in [7, 11) is 0. The van der Waals surface area contributed by atoms with E-state index in [0.29, 0.717) is 28.6 Å². The number of aryl methyl sites for hydroxylation is 2. The highest BCUT2D eigenvalue weighted by molar-refractivity contribution is 7.21. The summed E-state index contributed by atoms with van der Waals surface area (Å²) < 4.78 is 0. The Hall–Kier alpha value is -2.11. The third kappa shape index (κ3) is 3.48. The van der Waals surface area contributed by atoms with Crippen LogP contribution in [0.2, 0.25) is 5.02 Å². The van der Waals surface area contributed by atoms with Crippen LogP contribution in [-0.2, 0) is 6.42 Å². The van der Waals surface area contributed by atoms with E-state index in [1.807, 2.05) is 45.0 Å². The molecule has 0 radical (unpaired) electrons. The lowest BCUT2D eigenvalue weighted by Crippen LogP contribution is -2.25. The first-order valence-electron chi connectivity index (χ1n) is 8.07. The molecule has 25 heavy (non-hydrogen) atoms. The molecule has 0 aliphatic rings. The lowest BCUT2D eigenvalue weighted by atomic mass is 10.1. The second-order valence-electron chi connectivity index (χ2n) is 6.11. The molecule has 1 amide bonds. The van der Waals surface area contributed by atoms with Crippen LogP contribution in [0.25, 0.3) is 10.2 Å². The second-order valence-corrected chi connectivity index (χ2v) is 7.54. The fourth-order valence-corrected chi connectivity index (χ4v) is 4.16. The summed E-state index contributed by atoms with van der Waals surface area (Å²) >= 11 is 7.33. The number of benzene rings is 1. The lowest BCUT2D eigenvalue weighted by Gasteiger charge is -2.06. The van der Waals surface area contributed by atoms with Gasteiger partial charge >= 0.3 is 0 Å². The third-order valence-electron chi connectivity index (χ3n) is 4.47. The zero-order valence-corrected chi connectivity index (χ0v) is 16.0. The zero-order valence-electron chi connectivity index (χ0n) is 14.4. The van der Waals surface area contributed by atoms with Gasteiger partial charge in [-0.1, -0.05) is 23.7 Å². The number of nitrogens with zero attached hydrogens (tertiary/aromatic N) is 1. The van der Waals surface area contributed by atoms with E-state index in [1.54, 1.807) is 0 Å². The standard InChI is InChI=1S/C19H20ClN3OS/c1-10-11(2)15-16(21)17(25-19(15)23-12(10)3)18(24)22-8-7-13-5-4-6-14(20)9-13/h4-6,9H,7-8,21H2,1-3H3,(H,22,24). The highest BCUT2D eigenvalue weighted by Crippen LogP contribution is 2.36. The number of hydrogen-bond acceptors (Lipinski definition) is 4. The molecule has 0 aliphatic carbocycles. The van der Waals surface area contributed by atoms with E-state index in [9.17, 15) is 4.79 Å². The van der Waals surface area contributed by atoms with Gasteiger partial charge in [-0.3, -0.25) is 4.79 Å². The molecule has 2 heterocycles. The number of nitrogen functional groups attached to an aromatic ring is 1. The Morgan fingerprint density at radius 3 is 2.76 bits per heavy atom. The third-order valence-corrected chi connectivity index (χ3v) is 5.80. The Bertz CT molecular complexity index is 965. The van der Waals surface area contributed by atoms with Gasteiger partial charge in [0.1, 0.15) is 9.71 Å². The molecule has 0 saturated heterocycles. The van der Waals surface area contributed by atoms with Crippen molar-refractivity contribution in [2.45, 2.75) is 27.2 Å². The Morgan fingerprint density at radius 2 is 2.04 bits per heavy atom. The summed E-state index contributed by atoms with van der Waals surface area (Å²) in [5, 5.41) is 4.53. The number of nitrogens with one attached hydrogen (secondary N) is 1. The highest BCUT2D eigenvalue weighted by Gasteiger charge is 2.19. The summed E-state index contributed by atoms with van der Waals surface area (Å²) in [6.07, 6.45) is 0.715. The van der Waals surface area contributed by atoms with Gasteiger partial charge in [-0.25, -0.2) is 4.98 Å². The number of hydrogen-bond donors (Lipinski definition) is 2. The molecule has 130 valence electrons. The van der Waals surface area contributed by atoms with Crippen LogP contribution >= 0.6 is 22.9 Å². The van der Waals surface area contributed by atoms with Crippen molar-refractivity contribution in [2.24, 2.45) is 0 Å². The van der Waals surface area contributed by atoms with Crippen molar-refractivity contribution in [1.82, 2.24) is 10.3 Å². The van der Waals surface area contributed by atoms with Crippen molar-refractivity contribution in [3.05, 3.63) is 56.5 Å². The van der Waals surface area contributed by atoms with Gasteiger partial charge in [-0.15, -0.1) is 11.3 Å². The molecule has 0 atom stereocenters. The van der Waals surface area contributed by atoms with E-state index in [4.69, 9.17) is 17.3 Å². The minimum Gasteiger partial charge on any atom is -0.397 e. The number of pyridine rings is 1. The van der Waals surface area contributed by atoms with Crippen molar-refractivity contribution >= 4 is 44.7 Å².